The third-order valence-corrected chi connectivity index (χ3v) is 3.42. The molecule has 0 aliphatic carbocycles. The maximum Gasteiger partial charge on any atom is 0.334 e. The Hall–Kier alpha value is -2.94. The summed E-state index contributed by atoms with van der Waals surface area (Å²) >= 11 is 0. The topological polar surface area (TPSA) is 43.4 Å². The van der Waals surface area contributed by atoms with E-state index in [1.54, 1.807) is 37.3 Å². The van der Waals surface area contributed by atoms with E-state index in [4.69, 9.17) is 4.74 Å². The van der Waals surface area contributed by atoms with E-state index in [9.17, 15) is 9.59 Å². The van der Waals surface area contributed by atoms with Crippen LogP contribution in [-0.4, -0.2) is 18.9 Å². The van der Waals surface area contributed by atoms with Crippen LogP contribution in [0.4, 0.5) is 0 Å². The van der Waals surface area contributed by atoms with Gasteiger partial charge in [-0.3, -0.25) is 4.79 Å². The summed E-state index contributed by atoms with van der Waals surface area (Å²) in [6.45, 7) is 1.59. The van der Waals surface area contributed by atoms with Crippen LogP contribution in [0.1, 0.15) is 22.8 Å². The monoisotopic (exact) mass is 306 g/mol. The molecule has 2 rings (SSSR count). The predicted molar refractivity (Wildman–Crippen MR) is 91.0 cm³/mol. The molecule has 0 spiro atoms. The Morgan fingerprint density at radius 1 is 0.913 bits per heavy atom. The summed E-state index contributed by atoms with van der Waals surface area (Å²) in [4.78, 5) is 24.5. The van der Waals surface area contributed by atoms with Gasteiger partial charge in [-0.1, -0.05) is 66.7 Å². The first-order valence-electron chi connectivity index (χ1n) is 7.25. The number of hydrogen-bond acceptors (Lipinski definition) is 3. The minimum absolute atomic E-state index is 0.208. The van der Waals surface area contributed by atoms with E-state index in [1.807, 2.05) is 42.5 Å². The maximum atomic E-state index is 12.7. The molecule has 23 heavy (non-hydrogen) atoms. The van der Waals surface area contributed by atoms with Crippen LogP contribution in [-0.2, 0) is 9.53 Å². The highest BCUT2D eigenvalue weighted by atomic mass is 16.5. The molecule has 2 aromatic carbocycles. The predicted octanol–water partition coefficient (Wildman–Crippen LogP) is 4.07. The van der Waals surface area contributed by atoms with E-state index in [0.717, 1.165) is 5.56 Å². The van der Waals surface area contributed by atoms with Crippen LogP contribution in [0.15, 0.2) is 77.9 Å². The number of methoxy groups -OCH3 is 1. The number of benzene rings is 2. The number of carbonyl (C=O) groups excluding carboxylic acids is 2. The number of esters is 1. The average Bonchev–Trinajstić information content (AvgIpc) is 2.62. The minimum atomic E-state index is -0.512. The lowest BCUT2D eigenvalue weighted by Crippen LogP contribution is -2.10. The molecule has 0 saturated carbocycles. The van der Waals surface area contributed by atoms with Gasteiger partial charge in [0.2, 0.25) is 0 Å². The first kappa shape index (κ1) is 16.4. The molecule has 0 saturated heterocycles. The number of allylic oxidation sites excluding steroid dienone is 2. The van der Waals surface area contributed by atoms with Crippen LogP contribution in [0.3, 0.4) is 0 Å². The van der Waals surface area contributed by atoms with Gasteiger partial charge in [0.15, 0.2) is 5.78 Å². The fraction of sp³-hybridized carbons (Fsp3) is 0.100. The van der Waals surface area contributed by atoms with Crippen molar-refractivity contribution in [2.24, 2.45) is 0 Å². The fourth-order valence-corrected chi connectivity index (χ4v) is 2.12. The van der Waals surface area contributed by atoms with Gasteiger partial charge < -0.3 is 4.74 Å². The van der Waals surface area contributed by atoms with E-state index in [1.165, 1.54) is 7.11 Å². The summed E-state index contributed by atoms with van der Waals surface area (Å²) in [6.07, 6.45) is 3.47. The van der Waals surface area contributed by atoms with Gasteiger partial charge in [0.25, 0.3) is 0 Å². The Balaban J connectivity index is 2.43. The fourth-order valence-electron chi connectivity index (χ4n) is 2.12. The van der Waals surface area contributed by atoms with Crippen molar-refractivity contribution < 1.29 is 14.3 Å². The Kier molecular flexibility index (Phi) is 5.64. The van der Waals surface area contributed by atoms with E-state index < -0.39 is 5.97 Å². The molecule has 0 atom stereocenters. The number of ketones is 1. The molecule has 0 radical (unpaired) electrons. The highest BCUT2D eigenvalue weighted by Crippen LogP contribution is 2.17. The van der Waals surface area contributed by atoms with E-state index in [-0.39, 0.29) is 11.4 Å². The van der Waals surface area contributed by atoms with Gasteiger partial charge >= 0.3 is 5.97 Å². The van der Waals surface area contributed by atoms with E-state index in [0.29, 0.717) is 11.1 Å². The molecular formula is C20H18O3. The lowest BCUT2D eigenvalue weighted by Gasteiger charge is -2.07. The van der Waals surface area contributed by atoms with Gasteiger partial charge in [-0.25, -0.2) is 4.79 Å². The lowest BCUT2D eigenvalue weighted by molar-refractivity contribution is -0.136. The molecular weight excluding hydrogens is 288 g/mol. The van der Waals surface area contributed by atoms with Gasteiger partial charge in [0.05, 0.1) is 7.11 Å². The second kappa shape index (κ2) is 7.90. The Labute approximate surface area is 135 Å². The molecule has 0 fully saturated rings. The van der Waals surface area contributed by atoms with Crippen LogP contribution >= 0.6 is 0 Å². The zero-order valence-corrected chi connectivity index (χ0v) is 13.2. The molecule has 0 aromatic heterocycles. The smallest absolute Gasteiger partial charge is 0.334 e. The molecule has 0 heterocycles. The van der Waals surface area contributed by atoms with Crippen molar-refractivity contribution in [2.75, 3.05) is 7.11 Å². The summed E-state index contributed by atoms with van der Waals surface area (Å²) in [5, 5.41) is 0. The van der Waals surface area contributed by atoms with Crippen LogP contribution in [0.25, 0.3) is 6.08 Å². The summed E-state index contributed by atoms with van der Waals surface area (Å²) in [5.74, 6) is -0.720. The molecule has 3 nitrogen and oxygen atoms in total. The van der Waals surface area contributed by atoms with E-state index in [2.05, 4.69) is 0 Å². The molecule has 0 aliphatic rings. The minimum Gasteiger partial charge on any atom is -0.466 e. The van der Waals surface area contributed by atoms with Crippen molar-refractivity contribution in [3.63, 3.8) is 0 Å². The van der Waals surface area contributed by atoms with E-state index >= 15 is 0 Å². The lowest BCUT2D eigenvalue weighted by atomic mass is 9.98. The van der Waals surface area contributed by atoms with Crippen LogP contribution in [0.5, 0.6) is 0 Å². The Morgan fingerprint density at radius 3 is 2.04 bits per heavy atom. The summed E-state index contributed by atoms with van der Waals surface area (Å²) in [7, 11) is 1.30. The molecule has 0 bridgehead atoms. The van der Waals surface area contributed by atoms with Crippen LogP contribution in [0.2, 0.25) is 0 Å². The Morgan fingerprint density at radius 2 is 1.48 bits per heavy atom. The molecule has 0 amide bonds. The Bertz CT molecular complexity index is 741. The molecule has 0 N–H and O–H groups in total. The van der Waals surface area contributed by atoms with Gasteiger partial charge in [0, 0.05) is 16.7 Å². The number of Topliss-reactive ketones (excluding diaryl/α,β-unsaturated/α-hetero) is 1. The number of ether oxygens (including phenoxy) is 1. The molecule has 116 valence electrons. The van der Waals surface area contributed by atoms with Crippen LogP contribution in [0, 0.1) is 0 Å². The molecule has 0 unspecified atom stereocenters. The summed E-state index contributed by atoms with van der Waals surface area (Å²) < 4.78 is 4.75. The first-order chi connectivity index (χ1) is 11.1. The van der Waals surface area contributed by atoms with Crippen molar-refractivity contribution in [1.82, 2.24) is 0 Å². The van der Waals surface area contributed by atoms with Crippen molar-refractivity contribution in [1.29, 1.82) is 0 Å². The molecule has 2 aromatic rings. The molecule has 0 aliphatic heterocycles. The maximum absolute atomic E-state index is 12.7. The van der Waals surface area contributed by atoms with Crippen LogP contribution < -0.4 is 0 Å². The summed E-state index contributed by atoms with van der Waals surface area (Å²) in [5.41, 5.74) is 2.09. The highest BCUT2D eigenvalue weighted by Gasteiger charge is 2.17. The summed E-state index contributed by atoms with van der Waals surface area (Å²) in [6, 6.07) is 18.5. The van der Waals surface area contributed by atoms with Crippen molar-refractivity contribution in [3.05, 3.63) is 89.0 Å². The van der Waals surface area contributed by atoms with Crippen molar-refractivity contribution >= 4 is 17.8 Å². The van der Waals surface area contributed by atoms with Gasteiger partial charge in [0.1, 0.15) is 0 Å². The average molecular weight is 306 g/mol. The third-order valence-electron chi connectivity index (χ3n) is 3.42. The standard InChI is InChI=1S/C20H18O3/c1-15(20(22)23-2)18(14-13-16-9-5-3-6-10-16)19(21)17-11-7-4-8-12-17/h3-14H,1-2H3/b14-13+,18-15-. The van der Waals surface area contributed by atoms with Crippen molar-refractivity contribution in [3.8, 4) is 0 Å². The largest absolute Gasteiger partial charge is 0.466 e. The second-order valence-electron chi connectivity index (χ2n) is 4.97. The van der Waals surface area contributed by atoms with Gasteiger partial charge in [-0.2, -0.15) is 0 Å². The number of hydrogen-bond donors (Lipinski definition) is 0. The normalized spacial score (nSPS) is 11.9. The third kappa shape index (κ3) is 4.27. The quantitative estimate of drug-likeness (QED) is 0.362. The number of carbonyl (C=O) groups is 2. The molecule has 3 heteroatoms. The zero-order chi connectivity index (χ0) is 16.7. The van der Waals surface area contributed by atoms with Crippen molar-refractivity contribution in [2.45, 2.75) is 6.92 Å². The first-order valence-corrected chi connectivity index (χ1v) is 7.25. The van der Waals surface area contributed by atoms with Gasteiger partial charge in [-0.05, 0) is 18.6 Å². The highest BCUT2D eigenvalue weighted by molar-refractivity contribution is 6.14. The number of rotatable bonds is 5. The zero-order valence-electron chi connectivity index (χ0n) is 13.2. The van der Waals surface area contributed by atoms with Gasteiger partial charge in [-0.15, -0.1) is 0 Å². The SMILES string of the molecule is COC(=O)/C(C)=C(/C=C/c1ccccc1)C(=O)c1ccccc1. The second-order valence-corrected chi connectivity index (χ2v) is 4.97.